The summed E-state index contributed by atoms with van der Waals surface area (Å²) in [7, 11) is 0. The molecule has 23 heavy (non-hydrogen) atoms. The second-order valence-corrected chi connectivity index (χ2v) is 5.06. The number of nitrogens with zero attached hydrogens (tertiary/aromatic N) is 4. The normalized spacial score (nSPS) is 13.3. The fraction of sp³-hybridized carbons (Fsp3) is 0.200. The standard InChI is InChI=1S/C15H12N4O4/c16-6-10-12(14(20)21)11-8-18(15(22)23)4-5-19(11)13(10)9-2-1-3-17-7-9/h1-3,7H,4-5,8H2,(H,20,21)(H,22,23). The van der Waals surface area contributed by atoms with E-state index >= 15 is 0 Å². The smallest absolute Gasteiger partial charge is 0.407 e. The summed E-state index contributed by atoms with van der Waals surface area (Å²) in [6.07, 6.45) is 2.02. The molecule has 1 aliphatic heterocycles. The number of hydrogen-bond donors (Lipinski definition) is 2. The molecule has 0 radical (unpaired) electrons. The van der Waals surface area contributed by atoms with Gasteiger partial charge >= 0.3 is 12.1 Å². The number of aromatic nitrogens is 2. The molecule has 0 spiro atoms. The van der Waals surface area contributed by atoms with Crippen LogP contribution in [0.25, 0.3) is 11.3 Å². The molecule has 0 unspecified atom stereocenters. The monoisotopic (exact) mass is 312 g/mol. The Morgan fingerprint density at radius 2 is 2.09 bits per heavy atom. The lowest BCUT2D eigenvalue weighted by atomic mass is 10.1. The first kappa shape index (κ1) is 14.6. The highest BCUT2D eigenvalue weighted by Gasteiger charge is 2.32. The minimum atomic E-state index is -1.24. The number of aromatic carboxylic acids is 1. The summed E-state index contributed by atoms with van der Waals surface area (Å²) in [6.45, 7) is 0.452. The second kappa shape index (κ2) is 5.46. The van der Waals surface area contributed by atoms with Gasteiger partial charge in [-0.2, -0.15) is 5.26 Å². The van der Waals surface area contributed by atoms with Crippen LogP contribution in [-0.2, 0) is 13.1 Å². The number of carbonyl (C=O) groups is 2. The molecule has 3 heterocycles. The molecule has 0 aromatic carbocycles. The number of carboxylic acids is 1. The number of amides is 1. The Balaban J connectivity index is 2.27. The zero-order valence-electron chi connectivity index (χ0n) is 11.9. The molecule has 116 valence electrons. The first-order valence-corrected chi connectivity index (χ1v) is 6.81. The summed E-state index contributed by atoms with van der Waals surface area (Å²) >= 11 is 0. The molecule has 2 N–H and O–H groups in total. The van der Waals surface area contributed by atoms with E-state index in [2.05, 4.69) is 4.98 Å². The van der Waals surface area contributed by atoms with Crippen LogP contribution in [0, 0.1) is 11.3 Å². The predicted octanol–water partition coefficient (Wildman–Crippen LogP) is 1.61. The maximum absolute atomic E-state index is 11.6. The van der Waals surface area contributed by atoms with E-state index in [4.69, 9.17) is 5.11 Å². The number of hydrogen-bond acceptors (Lipinski definition) is 4. The SMILES string of the molecule is N#Cc1c(C(=O)O)c2n(c1-c1cccnc1)CCN(C(=O)O)C2. The average Bonchev–Trinajstić information content (AvgIpc) is 2.88. The number of nitriles is 1. The van der Waals surface area contributed by atoms with Gasteiger partial charge in [0.25, 0.3) is 0 Å². The van der Waals surface area contributed by atoms with Crippen molar-refractivity contribution in [2.24, 2.45) is 0 Å². The lowest BCUT2D eigenvalue weighted by Crippen LogP contribution is -2.37. The van der Waals surface area contributed by atoms with Crippen molar-refractivity contribution in [2.45, 2.75) is 13.1 Å². The largest absolute Gasteiger partial charge is 0.478 e. The third-order valence-electron chi connectivity index (χ3n) is 3.84. The molecule has 3 rings (SSSR count). The Hall–Kier alpha value is -3.34. The van der Waals surface area contributed by atoms with Crippen molar-refractivity contribution in [2.75, 3.05) is 6.54 Å². The lowest BCUT2D eigenvalue weighted by Gasteiger charge is -2.27. The van der Waals surface area contributed by atoms with Gasteiger partial charge in [-0.05, 0) is 12.1 Å². The topological polar surface area (TPSA) is 119 Å². The lowest BCUT2D eigenvalue weighted by molar-refractivity contribution is 0.0691. The zero-order valence-corrected chi connectivity index (χ0v) is 11.9. The summed E-state index contributed by atoms with van der Waals surface area (Å²) in [5.74, 6) is -1.24. The van der Waals surface area contributed by atoms with E-state index in [-0.39, 0.29) is 30.8 Å². The van der Waals surface area contributed by atoms with Crippen molar-refractivity contribution in [3.05, 3.63) is 41.3 Å². The molecular formula is C15H12N4O4. The van der Waals surface area contributed by atoms with Crippen molar-refractivity contribution < 1.29 is 19.8 Å². The highest BCUT2D eigenvalue weighted by molar-refractivity contribution is 5.95. The van der Waals surface area contributed by atoms with E-state index in [9.17, 15) is 20.0 Å². The maximum atomic E-state index is 11.6. The highest BCUT2D eigenvalue weighted by atomic mass is 16.4. The third-order valence-corrected chi connectivity index (χ3v) is 3.84. The molecule has 0 atom stereocenters. The van der Waals surface area contributed by atoms with E-state index in [1.807, 2.05) is 6.07 Å². The van der Waals surface area contributed by atoms with Crippen molar-refractivity contribution in [3.8, 4) is 17.3 Å². The van der Waals surface area contributed by atoms with Crippen LogP contribution in [0.4, 0.5) is 4.79 Å². The fourth-order valence-electron chi connectivity index (χ4n) is 2.86. The van der Waals surface area contributed by atoms with Gasteiger partial charge in [0.15, 0.2) is 0 Å². The van der Waals surface area contributed by atoms with E-state index in [0.717, 1.165) is 4.90 Å². The first-order chi connectivity index (χ1) is 11.0. The zero-order chi connectivity index (χ0) is 16.6. The molecule has 8 heteroatoms. The van der Waals surface area contributed by atoms with Crippen molar-refractivity contribution >= 4 is 12.1 Å². The molecule has 2 aromatic heterocycles. The number of rotatable bonds is 2. The van der Waals surface area contributed by atoms with Gasteiger partial charge in [-0.15, -0.1) is 0 Å². The fourth-order valence-corrected chi connectivity index (χ4v) is 2.86. The first-order valence-electron chi connectivity index (χ1n) is 6.81. The Labute approximate surface area is 130 Å². The van der Waals surface area contributed by atoms with Crippen LogP contribution in [-0.4, -0.2) is 43.3 Å². The summed E-state index contributed by atoms with van der Waals surface area (Å²) in [4.78, 5) is 27.9. The Morgan fingerprint density at radius 3 is 2.65 bits per heavy atom. The minimum Gasteiger partial charge on any atom is -0.478 e. The van der Waals surface area contributed by atoms with Crippen LogP contribution in [0.2, 0.25) is 0 Å². The number of pyridine rings is 1. The van der Waals surface area contributed by atoms with Gasteiger partial charge in [0.05, 0.1) is 23.5 Å². The van der Waals surface area contributed by atoms with Crippen LogP contribution in [0.15, 0.2) is 24.5 Å². The van der Waals surface area contributed by atoms with Gasteiger partial charge < -0.3 is 19.7 Å². The number of fused-ring (bicyclic) bond motifs is 1. The molecule has 0 bridgehead atoms. The van der Waals surface area contributed by atoms with Crippen LogP contribution in [0.1, 0.15) is 21.6 Å². The molecule has 8 nitrogen and oxygen atoms in total. The van der Waals surface area contributed by atoms with Crippen molar-refractivity contribution in [3.63, 3.8) is 0 Å². The molecule has 1 aliphatic rings. The quantitative estimate of drug-likeness (QED) is 0.869. The van der Waals surface area contributed by atoms with Crippen molar-refractivity contribution in [1.29, 1.82) is 5.26 Å². The minimum absolute atomic E-state index is 0.0349. The maximum Gasteiger partial charge on any atom is 0.407 e. The van der Waals surface area contributed by atoms with Gasteiger partial charge in [-0.1, -0.05) is 0 Å². The Kier molecular flexibility index (Phi) is 3.46. The summed E-state index contributed by atoms with van der Waals surface area (Å²) in [6, 6.07) is 5.39. The Bertz CT molecular complexity index is 835. The summed E-state index contributed by atoms with van der Waals surface area (Å²) in [5.41, 5.74) is 1.31. The molecule has 1 amide bonds. The predicted molar refractivity (Wildman–Crippen MR) is 77.8 cm³/mol. The van der Waals surface area contributed by atoms with E-state index in [1.165, 1.54) is 0 Å². The van der Waals surface area contributed by atoms with E-state index in [1.54, 1.807) is 29.1 Å². The molecule has 0 saturated heterocycles. The van der Waals surface area contributed by atoms with Crippen molar-refractivity contribution in [1.82, 2.24) is 14.5 Å². The van der Waals surface area contributed by atoms with Crippen LogP contribution >= 0.6 is 0 Å². The molecular weight excluding hydrogens is 300 g/mol. The second-order valence-electron chi connectivity index (χ2n) is 5.06. The Morgan fingerprint density at radius 1 is 1.30 bits per heavy atom. The van der Waals surface area contributed by atoms with Gasteiger partial charge in [-0.3, -0.25) is 4.98 Å². The van der Waals surface area contributed by atoms with E-state index in [0.29, 0.717) is 17.0 Å². The van der Waals surface area contributed by atoms with Gasteiger partial charge in [0.1, 0.15) is 11.6 Å². The van der Waals surface area contributed by atoms with Crippen LogP contribution in [0.3, 0.4) is 0 Å². The highest BCUT2D eigenvalue weighted by Crippen LogP contribution is 2.33. The molecule has 0 fully saturated rings. The van der Waals surface area contributed by atoms with Crippen LogP contribution < -0.4 is 0 Å². The third kappa shape index (κ3) is 2.28. The van der Waals surface area contributed by atoms with Crippen LogP contribution in [0.5, 0.6) is 0 Å². The average molecular weight is 312 g/mol. The molecule has 0 aliphatic carbocycles. The summed E-state index contributed by atoms with van der Waals surface area (Å²) < 4.78 is 1.71. The summed E-state index contributed by atoms with van der Waals surface area (Å²) in [5, 5.41) is 28.1. The van der Waals surface area contributed by atoms with Gasteiger partial charge in [0, 0.05) is 31.0 Å². The van der Waals surface area contributed by atoms with Gasteiger partial charge in [0.2, 0.25) is 0 Å². The van der Waals surface area contributed by atoms with E-state index < -0.39 is 12.1 Å². The molecule has 0 saturated carbocycles. The van der Waals surface area contributed by atoms with Gasteiger partial charge in [-0.25, -0.2) is 9.59 Å². The molecule has 2 aromatic rings. The number of carboxylic acid groups (broad SMARTS) is 2.